The van der Waals surface area contributed by atoms with Crippen LogP contribution in [-0.4, -0.2) is 37.2 Å². The molecule has 2 aromatic carbocycles. The lowest BCUT2D eigenvalue weighted by Gasteiger charge is -2.19. The number of ether oxygens (including phenoxy) is 1. The Kier molecular flexibility index (Phi) is 4.61. The molecule has 0 spiro atoms. The number of fused-ring (bicyclic) bond motifs is 2. The summed E-state index contributed by atoms with van der Waals surface area (Å²) in [4.78, 5) is 29.7. The Labute approximate surface area is 162 Å². The zero-order chi connectivity index (χ0) is 19.7. The third kappa shape index (κ3) is 3.24. The number of carbonyl (C=O) groups excluding carboxylic acids is 2. The fraction of sp³-hybridized carbons (Fsp3) is 0.182. The molecule has 0 unspecified atom stereocenters. The van der Waals surface area contributed by atoms with Gasteiger partial charge in [0, 0.05) is 36.3 Å². The minimum atomic E-state index is -0.453. The molecule has 142 valence electrons. The Balaban J connectivity index is 1.80. The number of hydrogen-bond donors (Lipinski definition) is 2. The second-order valence-electron chi connectivity index (χ2n) is 6.79. The fourth-order valence-electron chi connectivity index (χ4n) is 3.62. The third-order valence-electron chi connectivity index (χ3n) is 5.04. The summed E-state index contributed by atoms with van der Waals surface area (Å²) in [6.45, 7) is 0. The van der Waals surface area contributed by atoms with E-state index in [-0.39, 0.29) is 12.1 Å². The number of H-pyrrole nitrogens is 1. The minimum absolute atomic E-state index is 0.221. The first-order valence-corrected chi connectivity index (χ1v) is 9.06. The molecule has 1 aliphatic heterocycles. The van der Waals surface area contributed by atoms with Crippen molar-refractivity contribution in [3.05, 3.63) is 71.9 Å². The monoisotopic (exact) mass is 375 g/mol. The molecule has 3 aromatic rings. The number of benzene rings is 2. The highest BCUT2D eigenvalue weighted by atomic mass is 16.5. The molecule has 0 aliphatic carbocycles. The van der Waals surface area contributed by atoms with E-state index in [0.717, 1.165) is 33.4 Å². The van der Waals surface area contributed by atoms with Crippen molar-refractivity contribution in [2.75, 3.05) is 19.1 Å². The van der Waals surface area contributed by atoms with Gasteiger partial charge in [-0.15, -0.1) is 0 Å². The number of methoxy groups -OCH3 is 1. The maximum Gasteiger partial charge on any atom is 0.330 e. The Morgan fingerprint density at radius 3 is 2.71 bits per heavy atom. The van der Waals surface area contributed by atoms with Gasteiger partial charge < -0.3 is 15.0 Å². The molecule has 0 saturated heterocycles. The predicted octanol–water partition coefficient (Wildman–Crippen LogP) is 3.50. The van der Waals surface area contributed by atoms with Gasteiger partial charge in [0.05, 0.1) is 18.8 Å². The van der Waals surface area contributed by atoms with Gasteiger partial charge >= 0.3 is 12.0 Å². The maximum absolute atomic E-state index is 12.7. The molecule has 2 N–H and O–H groups in total. The molecule has 6 nitrogen and oxygen atoms in total. The molecular weight excluding hydrogens is 354 g/mol. The smallest absolute Gasteiger partial charge is 0.330 e. The van der Waals surface area contributed by atoms with Crippen molar-refractivity contribution in [1.29, 1.82) is 0 Å². The van der Waals surface area contributed by atoms with Crippen LogP contribution in [0.1, 0.15) is 11.3 Å². The summed E-state index contributed by atoms with van der Waals surface area (Å²) in [5.74, 6) is -0.453. The number of anilines is 1. The first-order chi connectivity index (χ1) is 13.6. The van der Waals surface area contributed by atoms with Crippen LogP contribution < -0.4 is 10.2 Å². The van der Waals surface area contributed by atoms with E-state index < -0.39 is 5.97 Å². The van der Waals surface area contributed by atoms with Crippen molar-refractivity contribution >= 4 is 34.2 Å². The van der Waals surface area contributed by atoms with Crippen molar-refractivity contribution in [2.45, 2.75) is 12.5 Å². The number of aromatic amines is 1. The highest BCUT2D eigenvalue weighted by Crippen LogP contribution is 2.33. The summed E-state index contributed by atoms with van der Waals surface area (Å²) >= 11 is 0. The fourth-order valence-corrected chi connectivity index (χ4v) is 3.62. The lowest BCUT2D eigenvalue weighted by molar-refractivity contribution is -0.134. The van der Waals surface area contributed by atoms with Crippen LogP contribution in [0.15, 0.2) is 60.7 Å². The number of carbonyl (C=O) groups is 2. The van der Waals surface area contributed by atoms with Crippen molar-refractivity contribution < 1.29 is 14.3 Å². The van der Waals surface area contributed by atoms with E-state index >= 15 is 0 Å². The Bertz CT molecular complexity index is 1050. The molecule has 1 aromatic heterocycles. The van der Waals surface area contributed by atoms with Gasteiger partial charge in [0.25, 0.3) is 0 Å². The maximum atomic E-state index is 12.7. The number of hydrogen-bond acceptors (Lipinski definition) is 3. The first kappa shape index (κ1) is 17.9. The quantitative estimate of drug-likeness (QED) is 0.544. The molecular formula is C22H21N3O3. The van der Waals surface area contributed by atoms with Gasteiger partial charge in [-0.05, 0) is 29.2 Å². The SMILES string of the molecule is COC(=O)/C=C1\c2ccccc2N(C)C(=O)N[C@H]1Cc1cc2ccccc2[nH]1. The summed E-state index contributed by atoms with van der Waals surface area (Å²) in [5, 5.41) is 4.14. The summed E-state index contributed by atoms with van der Waals surface area (Å²) in [6.07, 6.45) is 1.98. The molecule has 28 heavy (non-hydrogen) atoms. The van der Waals surface area contributed by atoms with Crippen LogP contribution in [0.25, 0.3) is 16.5 Å². The van der Waals surface area contributed by atoms with E-state index in [1.54, 1.807) is 11.9 Å². The molecule has 0 saturated carbocycles. The number of para-hydroxylation sites is 2. The summed E-state index contributed by atoms with van der Waals surface area (Å²) in [7, 11) is 3.06. The normalized spacial score (nSPS) is 17.9. The van der Waals surface area contributed by atoms with Gasteiger partial charge in [0.15, 0.2) is 0 Å². The van der Waals surface area contributed by atoms with Crippen LogP contribution >= 0.6 is 0 Å². The van der Waals surface area contributed by atoms with E-state index in [1.165, 1.54) is 13.2 Å². The van der Waals surface area contributed by atoms with Crippen LogP contribution in [0.3, 0.4) is 0 Å². The number of rotatable bonds is 3. The molecule has 2 amide bonds. The molecule has 1 atom stereocenters. The summed E-state index contributed by atoms with van der Waals surface area (Å²) in [6, 6.07) is 17.0. The average Bonchev–Trinajstić information content (AvgIpc) is 3.09. The van der Waals surface area contributed by atoms with E-state index in [9.17, 15) is 9.59 Å². The summed E-state index contributed by atoms with van der Waals surface area (Å²) < 4.78 is 4.86. The average molecular weight is 375 g/mol. The first-order valence-electron chi connectivity index (χ1n) is 9.06. The highest BCUT2D eigenvalue weighted by Gasteiger charge is 2.29. The molecule has 0 fully saturated rings. The number of urea groups is 1. The zero-order valence-electron chi connectivity index (χ0n) is 15.7. The zero-order valence-corrected chi connectivity index (χ0v) is 15.7. The molecule has 6 heteroatoms. The topological polar surface area (TPSA) is 74.4 Å². The van der Waals surface area contributed by atoms with Gasteiger partial charge in [-0.1, -0.05) is 36.4 Å². The standard InChI is InChI=1S/C22H21N3O3/c1-25-20-10-6-4-8-16(20)17(13-21(26)28-2)19(24-22(25)27)12-15-11-14-7-3-5-9-18(14)23-15/h3-11,13,19,23H,12H2,1-2H3,(H,24,27)/b17-13+/t19-/m0/s1. The minimum Gasteiger partial charge on any atom is -0.466 e. The lowest BCUT2D eigenvalue weighted by atomic mass is 9.93. The molecule has 0 radical (unpaired) electrons. The Hall–Kier alpha value is -3.54. The Morgan fingerprint density at radius 2 is 1.93 bits per heavy atom. The Morgan fingerprint density at radius 1 is 1.18 bits per heavy atom. The molecule has 2 heterocycles. The largest absolute Gasteiger partial charge is 0.466 e. The van der Waals surface area contributed by atoms with Gasteiger partial charge in [0.2, 0.25) is 0 Å². The third-order valence-corrected chi connectivity index (χ3v) is 5.04. The van der Waals surface area contributed by atoms with E-state index in [4.69, 9.17) is 4.74 Å². The lowest BCUT2D eigenvalue weighted by Crippen LogP contribution is -2.42. The molecule has 0 bridgehead atoms. The van der Waals surface area contributed by atoms with Crippen molar-refractivity contribution in [2.24, 2.45) is 0 Å². The molecule has 4 rings (SSSR count). The van der Waals surface area contributed by atoms with Gasteiger partial charge in [-0.3, -0.25) is 4.90 Å². The highest BCUT2D eigenvalue weighted by molar-refractivity contribution is 6.03. The van der Waals surface area contributed by atoms with E-state index in [1.807, 2.05) is 48.5 Å². The number of amides is 2. The predicted molar refractivity (Wildman–Crippen MR) is 109 cm³/mol. The summed E-state index contributed by atoms with van der Waals surface area (Å²) in [5.41, 5.74) is 4.31. The second-order valence-corrected chi connectivity index (χ2v) is 6.79. The number of nitrogens with zero attached hydrogens (tertiary/aromatic N) is 1. The number of esters is 1. The van der Waals surface area contributed by atoms with Crippen molar-refractivity contribution in [3.63, 3.8) is 0 Å². The van der Waals surface area contributed by atoms with Gasteiger partial charge in [-0.2, -0.15) is 0 Å². The van der Waals surface area contributed by atoms with Crippen LogP contribution in [0.2, 0.25) is 0 Å². The number of aromatic nitrogens is 1. The van der Waals surface area contributed by atoms with Crippen LogP contribution in [0.4, 0.5) is 10.5 Å². The van der Waals surface area contributed by atoms with Crippen LogP contribution in [0.5, 0.6) is 0 Å². The second kappa shape index (κ2) is 7.23. The number of nitrogens with one attached hydrogen (secondary N) is 2. The van der Waals surface area contributed by atoms with Crippen LogP contribution in [-0.2, 0) is 16.0 Å². The van der Waals surface area contributed by atoms with Crippen molar-refractivity contribution in [1.82, 2.24) is 10.3 Å². The van der Waals surface area contributed by atoms with E-state index in [0.29, 0.717) is 6.42 Å². The van der Waals surface area contributed by atoms with Crippen LogP contribution in [0, 0.1) is 0 Å². The van der Waals surface area contributed by atoms with Crippen molar-refractivity contribution in [3.8, 4) is 0 Å². The van der Waals surface area contributed by atoms with E-state index in [2.05, 4.69) is 16.4 Å². The van der Waals surface area contributed by atoms with Gasteiger partial charge in [-0.25, -0.2) is 9.59 Å². The molecule has 1 aliphatic rings. The van der Waals surface area contributed by atoms with Gasteiger partial charge in [0.1, 0.15) is 0 Å².